The Morgan fingerprint density at radius 3 is 2.18 bits per heavy atom. The summed E-state index contributed by atoms with van der Waals surface area (Å²) in [5.41, 5.74) is 3.34. The first-order valence-corrected chi connectivity index (χ1v) is 7.41. The molecule has 5 heteroatoms. The van der Waals surface area contributed by atoms with Crippen molar-refractivity contribution < 1.29 is 5.03 Å². The van der Waals surface area contributed by atoms with E-state index >= 15 is 0 Å². The van der Waals surface area contributed by atoms with Crippen molar-refractivity contribution in [2.24, 2.45) is 0 Å². The zero-order valence-corrected chi connectivity index (χ0v) is 13.2. The van der Waals surface area contributed by atoms with Crippen LogP contribution in [0.25, 0.3) is 11.1 Å². The quantitative estimate of drug-likeness (QED) is 0.601. The van der Waals surface area contributed by atoms with Crippen LogP contribution in [0.3, 0.4) is 0 Å². The van der Waals surface area contributed by atoms with Gasteiger partial charge in [-0.25, -0.2) is 10.1 Å². The van der Waals surface area contributed by atoms with Crippen molar-refractivity contribution in [2.45, 2.75) is 13.8 Å². The Morgan fingerprint density at radius 1 is 1.00 bits per heavy atom. The third-order valence-corrected chi connectivity index (χ3v) is 3.77. The van der Waals surface area contributed by atoms with Gasteiger partial charge in [0.1, 0.15) is 5.69 Å². The van der Waals surface area contributed by atoms with Gasteiger partial charge in [-0.3, -0.25) is 0 Å². The van der Waals surface area contributed by atoms with Gasteiger partial charge in [0, 0.05) is 18.7 Å². The van der Waals surface area contributed by atoms with Crippen LogP contribution in [0.5, 0.6) is 0 Å². The summed E-state index contributed by atoms with van der Waals surface area (Å²) in [6.07, 6.45) is 0. The molecular weight excluding hydrogens is 278 g/mol. The lowest BCUT2D eigenvalue weighted by molar-refractivity contribution is -0.490. The Bertz CT molecular complexity index is 640. The van der Waals surface area contributed by atoms with Crippen LogP contribution in [-0.4, -0.2) is 25.2 Å². The van der Waals surface area contributed by atoms with E-state index in [1.807, 2.05) is 48.5 Å². The monoisotopic (exact) mass is 299 g/mol. The highest BCUT2D eigenvalue weighted by Crippen LogP contribution is 2.38. The molecule has 0 radical (unpaired) electrons. The number of hydrogen-bond acceptors (Lipinski definition) is 3. The number of nitro groups is 1. The molecule has 0 heterocycles. The van der Waals surface area contributed by atoms with Crippen LogP contribution in [0.2, 0.25) is 0 Å². The molecule has 0 aliphatic rings. The van der Waals surface area contributed by atoms with Gasteiger partial charge >= 0.3 is 0 Å². The molecule has 2 aromatic carbocycles. The lowest BCUT2D eigenvalue weighted by atomic mass is 10.0. The highest BCUT2D eigenvalue weighted by Gasteiger charge is 2.23. The summed E-state index contributed by atoms with van der Waals surface area (Å²) in [4.78, 5) is 13.5. The van der Waals surface area contributed by atoms with Crippen molar-refractivity contribution in [1.29, 1.82) is 0 Å². The van der Waals surface area contributed by atoms with Gasteiger partial charge in [-0.05, 0) is 25.5 Å². The summed E-state index contributed by atoms with van der Waals surface area (Å²) in [7, 11) is 1.49. The first-order valence-electron chi connectivity index (χ1n) is 7.41. The summed E-state index contributed by atoms with van der Waals surface area (Å²) >= 11 is 0. The highest BCUT2D eigenvalue weighted by molar-refractivity contribution is 5.87. The van der Waals surface area contributed by atoms with Gasteiger partial charge in [-0.2, -0.15) is 0 Å². The van der Waals surface area contributed by atoms with Crippen molar-refractivity contribution in [3.63, 3.8) is 0 Å². The van der Waals surface area contributed by atoms with Crippen LogP contribution in [-0.2, 0) is 0 Å². The molecule has 0 aromatic heterocycles. The molecule has 0 fully saturated rings. The second-order valence-corrected chi connectivity index (χ2v) is 4.97. The normalized spacial score (nSPS) is 10.3. The molecule has 2 rings (SSSR count). The fourth-order valence-corrected chi connectivity index (χ4v) is 2.62. The third-order valence-electron chi connectivity index (χ3n) is 3.77. The molecule has 2 aromatic rings. The van der Waals surface area contributed by atoms with Gasteiger partial charge in [0.2, 0.25) is 0 Å². The molecular formula is C17H21N3O2. The number of rotatable bonds is 6. The lowest BCUT2D eigenvalue weighted by Gasteiger charge is -2.26. The summed E-state index contributed by atoms with van der Waals surface area (Å²) < 4.78 is 0. The number of nitrogens with zero attached hydrogens (tertiary/aromatic N) is 3. The van der Waals surface area contributed by atoms with Gasteiger partial charge in [-0.15, -0.1) is 0 Å². The molecule has 0 saturated heterocycles. The third kappa shape index (κ3) is 3.03. The molecule has 0 unspecified atom stereocenters. The van der Waals surface area contributed by atoms with Crippen molar-refractivity contribution >= 4 is 11.4 Å². The zero-order chi connectivity index (χ0) is 16.1. The number of hydrogen-bond donors (Lipinski definition) is 0. The number of anilines is 2. The Kier molecular flexibility index (Phi) is 4.99. The average Bonchev–Trinajstić information content (AvgIpc) is 2.56. The predicted octanol–water partition coefficient (Wildman–Crippen LogP) is 3.83. The largest absolute Gasteiger partial charge is 0.370 e. The summed E-state index contributed by atoms with van der Waals surface area (Å²) in [5.74, 6) is 0. The topological polar surface area (TPSA) is 49.6 Å². The van der Waals surface area contributed by atoms with Gasteiger partial charge < -0.3 is 4.90 Å². The SMILES string of the molecule is CCN(CC)c1cccc(-c2ccccc2)c1N(C)[N+](=O)[O-]. The van der Waals surface area contributed by atoms with Crippen LogP contribution in [0.4, 0.5) is 11.4 Å². The molecule has 22 heavy (non-hydrogen) atoms. The van der Waals surface area contributed by atoms with E-state index in [0.717, 1.165) is 34.9 Å². The molecule has 116 valence electrons. The Labute approximate surface area is 130 Å². The van der Waals surface area contributed by atoms with Gasteiger partial charge in [-0.1, -0.05) is 47.5 Å². The summed E-state index contributed by atoms with van der Waals surface area (Å²) in [5, 5.41) is 12.1. The van der Waals surface area contributed by atoms with E-state index in [-0.39, 0.29) is 5.03 Å². The average molecular weight is 299 g/mol. The first kappa shape index (κ1) is 15.8. The van der Waals surface area contributed by atoms with Crippen LogP contribution >= 0.6 is 0 Å². The Morgan fingerprint density at radius 2 is 1.64 bits per heavy atom. The fraction of sp³-hybridized carbons (Fsp3) is 0.294. The van der Waals surface area contributed by atoms with Gasteiger partial charge in [0.15, 0.2) is 5.03 Å². The van der Waals surface area contributed by atoms with E-state index in [1.165, 1.54) is 7.05 Å². The van der Waals surface area contributed by atoms with Crippen molar-refractivity contribution in [2.75, 3.05) is 30.0 Å². The number of benzene rings is 2. The van der Waals surface area contributed by atoms with Crippen LogP contribution in [0.1, 0.15) is 13.8 Å². The fourth-order valence-electron chi connectivity index (χ4n) is 2.62. The molecule has 0 spiro atoms. The van der Waals surface area contributed by atoms with Gasteiger partial charge in [0.25, 0.3) is 0 Å². The second kappa shape index (κ2) is 6.93. The zero-order valence-electron chi connectivity index (χ0n) is 13.2. The summed E-state index contributed by atoms with van der Waals surface area (Å²) in [6.45, 7) is 5.70. The maximum atomic E-state index is 11.3. The van der Waals surface area contributed by atoms with E-state index in [9.17, 15) is 10.1 Å². The lowest BCUT2D eigenvalue weighted by Crippen LogP contribution is -2.30. The van der Waals surface area contributed by atoms with Gasteiger partial charge in [0.05, 0.1) is 12.7 Å². The van der Waals surface area contributed by atoms with E-state index < -0.39 is 0 Å². The molecule has 0 aliphatic heterocycles. The first-order chi connectivity index (χ1) is 10.6. The molecule has 0 saturated carbocycles. The van der Waals surface area contributed by atoms with Crippen molar-refractivity contribution in [3.8, 4) is 11.1 Å². The standard InChI is InChI=1S/C17H21N3O2/c1-4-19(5-2)16-13-9-12-15(14-10-7-6-8-11-14)17(16)18(3)20(21)22/h6-13H,4-5H2,1-3H3. The van der Waals surface area contributed by atoms with Crippen LogP contribution < -0.4 is 9.91 Å². The smallest absolute Gasteiger partial charge is 0.164 e. The molecule has 0 N–H and O–H groups in total. The summed E-state index contributed by atoms with van der Waals surface area (Å²) in [6, 6.07) is 15.6. The maximum absolute atomic E-state index is 11.3. The minimum Gasteiger partial charge on any atom is -0.370 e. The minimum absolute atomic E-state index is 0.380. The van der Waals surface area contributed by atoms with E-state index in [1.54, 1.807) is 0 Å². The molecule has 0 atom stereocenters. The van der Waals surface area contributed by atoms with E-state index in [0.29, 0.717) is 5.69 Å². The maximum Gasteiger partial charge on any atom is 0.164 e. The Hall–Kier alpha value is -2.56. The van der Waals surface area contributed by atoms with Crippen molar-refractivity contribution in [1.82, 2.24) is 0 Å². The van der Waals surface area contributed by atoms with Crippen molar-refractivity contribution in [3.05, 3.63) is 58.6 Å². The van der Waals surface area contributed by atoms with E-state index in [2.05, 4.69) is 18.7 Å². The van der Waals surface area contributed by atoms with E-state index in [4.69, 9.17) is 0 Å². The van der Waals surface area contributed by atoms with Crippen LogP contribution in [0, 0.1) is 10.1 Å². The minimum atomic E-state index is -0.380. The molecule has 0 aliphatic carbocycles. The number of para-hydroxylation sites is 1. The highest BCUT2D eigenvalue weighted by atomic mass is 16.7. The Balaban J connectivity index is 2.68. The molecule has 5 nitrogen and oxygen atoms in total. The second-order valence-electron chi connectivity index (χ2n) is 4.97. The molecule has 0 bridgehead atoms. The van der Waals surface area contributed by atoms with Crippen LogP contribution in [0.15, 0.2) is 48.5 Å². The number of hydrazine groups is 1. The molecule has 0 amide bonds. The predicted molar refractivity (Wildman–Crippen MR) is 90.8 cm³/mol.